The summed E-state index contributed by atoms with van der Waals surface area (Å²) in [7, 11) is -2.47. The molecule has 1 rings (SSSR count). The number of nitrogens with zero attached hydrogens (tertiary/aromatic N) is 1. The smallest absolute Gasteiger partial charge is 0.243 e. The highest BCUT2D eigenvalue weighted by atomic mass is 35.5. The number of aliphatic hydroxyl groups is 1. The average molecular weight is 308 g/mol. The van der Waals surface area contributed by atoms with E-state index >= 15 is 0 Å². The van der Waals surface area contributed by atoms with E-state index in [-0.39, 0.29) is 22.0 Å². The molecule has 0 saturated carbocycles. The van der Waals surface area contributed by atoms with Crippen LogP contribution in [0.1, 0.15) is 12.5 Å². The van der Waals surface area contributed by atoms with Crippen LogP contribution in [0.4, 0.5) is 4.39 Å². The molecule has 0 heterocycles. The Morgan fingerprint density at radius 3 is 2.58 bits per heavy atom. The molecule has 0 fully saturated rings. The fourth-order valence-electron chi connectivity index (χ4n) is 1.53. The Morgan fingerprint density at radius 2 is 2.11 bits per heavy atom. The third-order valence-corrected chi connectivity index (χ3v) is 4.65. The lowest BCUT2D eigenvalue weighted by Gasteiger charge is -2.18. The number of hydrogen-bond acceptors (Lipinski definition) is 3. The lowest BCUT2D eigenvalue weighted by molar-refractivity contribution is 0.281. The molecular formula is C12H15ClFNO3S. The molecule has 0 spiro atoms. The highest BCUT2D eigenvalue weighted by Gasteiger charge is 2.23. The summed E-state index contributed by atoms with van der Waals surface area (Å²) in [4.78, 5) is -0.248. The zero-order chi connectivity index (χ0) is 14.8. The highest BCUT2D eigenvalue weighted by molar-refractivity contribution is 7.89. The molecular weight excluding hydrogens is 293 g/mol. The predicted octanol–water partition coefficient (Wildman–Crippen LogP) is 2.17. The van der Waals surface area contributed by atoms with Crippen LogP contribution in [0.2, 0.25) is 5.02 Å². The van der Waals surface area contributed by atoms with Gasteiger partial charge in [-0.3, -0.25) is 0 Å². The third kappa shape index (κ3) is 3.54. The van der Waals surface area contributed by atoms with Crippen LogP contribution < -0.4 is 0 Å². The number of halogens is 2. The van der Waals surface area contributed by atoms with Crippen molar-refractivity contribution < 1.29 is 17.9 Å². The van der Waals surface area contributed by atoms with E-state index in [0.717, 1.165) is 16.4 Å². The first-order valence-corrected chi connectivity index (χ1v) is 7.21. The van der Waals surface area contributed by atoms with E-state index in [4.69, 9.17) is 16.7 Å². The van der Waals surface area contributed by atoms with E-state index in [1.807, 2.05) is 0 Å². The van der Waals surface area contributed by atoms with Gasteiger partial charge >= 0.3 is 0 Å². The molecule has 1 N–H and O–H groups in total. The zero-order valence-corrected chi connectivity index (χ0v) is 12.2. The second kappa shape index (κ2) is 6.00. The molecule has 106 valence electrons. The molecule has 7 heteroatoms. The quantitative estimate of drug-likeness (QED) is 0.848. The second-order valence-corrected chi connectivity index (χ2v) is 6.68. The summed E-state index contributed by atoms with van der Waals surface area (Å²) >= 11 is 5.62. The van der Waals surface area contributed by atoms with Gasteiger partial charge in [-0.1, -0.05) is 23.8 Å². The molecule has 0 unspecified atom stereocenters. The van der Waals surface area contributed by atoms with Crippen LogP contribution in [0.5, 0.6) is 0 Å². The Labute approximate surface area is 117 Å². The lowest BCUT2D eigenvalue weighted by Crippen LogP contribution is -2.28. The van der Waals surface area contributed by atoms with Crippen molar-refractivity contribution >= 4 is 21.6 Å². The maximum atomic E-state index is 13.5. The molecule has 0 aromatic heterocycles. The fourth-order valence-corrected chi connectivity index (χ4v) is 2.99. The molecule has 0 aliphatic heterocycles. The number of benzene rings is 1. The normalized spacial score (nSPS) is 11.9. The molecule has 1 aromatic carbocycles. The minimum absolute atomic E-state index is 0.0315. The Morgan fingerprint density at radius 1 is 1.53 bits per heavy atom. The van der Waals surface area contributed by atoms with Crippen molar-refractivity contribution in [1.82, 2.24) is 4.31 Å². The van der Waals surface area contributed by atoms with Gasteiger partial charge in [0.2, 0.25) is 10.0 Å². The predicted molar refractivity (Wildman–Crippen MR) is 72.0 cm³/mol. The Bertz CT molecular complexity index is 601. The molecule has 1 aromatic rings. The average Bonchev–Trinajstić information content (AvgIpc) is 2.31. The molecule has 4 nitrogen and oxygen atoms in total. The van der Waals surface area contributed by atoms with Crippen LogP contribution >= 0.6 is 11.6 Å². The number of hydrogen-bond donors (Lipinski definition) is 1. The largest absolute Gasteiger partial charge is 0.392 e. The van der Waals surface area contributed by atoms with Gasteiger partial charge in [-0.15, -0.1) is 0 Å². The topological polar surface area (TPSA) is 57.6 Å². The first kappa shape index (κ1) is 16.1. The summed E-state index contributed by atoms with van der Waals surface area (Å²) in [5.41, 5.74) is 0.687. The van der Waals surface area contributed by atoms with E-state index in [1.165, 1.54) is 7.05 Å². The standard InChI is InChI=1S/C12H15ClFNO3S/c1-8(2)6-15(3)19(17,18)10-4-9(7-16)12(13)11(14)5-10/h4-5,16H,1,6-7H2,2-3H3. The van der Waals surface area contributed by atoms with Crippen molar-refractivity contribution in [3.63, 3.8) is 0 Å². The van der Waals surface area contributed by atoms with Crippen LogP contribution in [0, 0.1) is 5.82 Å². The maximum Gasteiger partial charge on any atom is 0.243 e. The van der Waals surface area contributed by atoms with Crippen molar-refractivity contribution in [3.05, 3.63) is 40.7 Å². The summed E-state index contributed by atoms with van der Waals surface area (Å²) in [5.74, 6) is -0.879. The molecule has 0 aliphatic carbocycles. The van der Waals surface area contributed by atoms with E-state index in [2.05, 4.69) is 6.58 Å². The summed E-state index contributed by atoms with van der Waals surface area (Å²) in [6, 6.07) is 2.00. The van der Waals surface area contributed by atoms with Crippen LogP contribution in [-0.2, 0) is 16.6 Å². The minimum atomic E-state index is -3.84. The molecule has 0 aliphatic rings. The van der Waals surface area contributed by atoms with E-state index in [9.17, 15) is 12.8 Å². The van der Waals surface area contributed by atoms with Crippen LogP contribution in [0.25, 0.3) is 0 Å². The highest BCUT2D eigenvalue weighted by Crippen LogP contribution is 2.26. The van der Waals surface area contributed by atoms with E-state index in [1.54, 1.807) is 6.92 Å². The van der Waals surface area contributed by atoms with Gasteiger partial charge in [0.1, 0.15) is 5.82 Å². The maximum absolute atomic E-state index is 13.5. The van der Waals surface area contributed by atoms with Gasteiger partial charge in [-0.2, -0.15) is 4.31 Å². The monoisotopic (exact) mass is 307 g/mol. The molecule has 0 atom stereocenters. The van der Waals surface area contributed by atoms with E-state index < -0.39 is 22.4 Å². The van der Waals surface area contributed by atoms with Crippen molar-refractivity contribution in [3.8, 4) is 0 Å². The summed E-state index contributed by atoms with van der Waals surface area (Å²) in [6.07, 6.45) is 0. The van der Waals surface area contributed by atoms with Gasteiger partial charge in [0.15, 0.2) is 0 Å². The van der Waals surface area contributed by atoms with Crippen molar-refractivity contribution in [1.29, 1.82) is 0 Å². The molecule has 0 radical (unpaired) electrons. The summed E-state index contributed by atoms with van der Waals surface area (Å²) in [5, 5.41) is 8.77. The molecule has 0 bridgehead atoms. The molecule has 0 amide bonds. The Kier molecular flexibility index (Phi) is 5.09. The number of rotatable bonds is 5. The van der Waals surface area contributed by atoms with Crippen LogP contribution in [-0.4, -0.2) is 31.4 Å². The first-order chi connectivity index (χ1) is 8.70. The molecule has 19 heavy (non-hydrogen) atoms. The van der Waals surface area contributed by atoms with E-state index in [0.29, 0.717) is 5.57 Å². The Balaban J connectivity index is 3.29. The summed E-state index contributed by atoms with van der Waals surface area (Å²) in [6.45, 7) is 4.90. The lowest BCUT2D eigenvalue weighted by atomic mass is 10.2. The zero-order valence-electron chi connectivity index (χ0n) is 10.7. The van der Waals surface area contributed by atoms with Gasteiger partial charge < -0.3 is 5.11 Å². The second-order valence-electron chi connectivity index (χ2n) is 4.25. The van der Waals surface area contributed by atoms with Gasteiger partial charge in [-0.25, -0.2) is 12.8 Å². The number of sulfonamides is 1. The van der Waals surface area contributed by atoms with Crippen molar-refractivity contribution in [2.24, 2.45) is 0 Å². The van der Waals surface area contributed by atoms with Crippen molar-refractivity contribution in [2.45, 2.75) is 18.4 Å². The molecule has 0 saturated heterocycles. The fraction of sp³-hybridized carbons (Fsp3) is 0.333. The third-order valence-electron chi connectivity index (χ3n) is 2.45. The van der Waals surface area contributed by atoms with Gasteiger partial charge in [0.25, 0.3) is 0 Å². The SMILES string of the molecule is C=C(C)CN(C)S(=O)(=O)c1cc(F)c(Cl)c(CO)c1. The van der Waals surface area contributed by atoms with Gasteiger partial charge in [0.05, 0.1) is 16.5 Å². The van der Waals surface area contributed by atoms with Crippen LogP contribution in [0.15, 0.2) is 29.2 Å². The Hall–Kier alpha value is -0.950. The van der Waals surface area contributed by atoms with Gasteiger partial charge in [-0.05, 0) is 19.1 Å². The minimum Gasteiger partial charge on any atom is -0.392 e. The number of likely N-dealkylation sites (N-methyl/N-ethyl adjacent to an activating group) is 1. The van der Waals surface area contributed by atoms with Crippen molar-refractivity contribution in [2.75, 3.05) is 13.6 Å². The first-order valence-electron chi connectivity index (χ1n) is 5.39. The van der Waals surface area contributed by atoms with Crippen LogP contribution in [0.3, 0.4) is 0 Å². The van der Waals surface area contributed by atoms with Gasteiger partial charge in [0, 0.05) is 19.2 Å². The number of aliphatic hydroxyl groups excluding tert-OH is 1. The summed E-state index contributed by atoms with van der Waals surface area (Å²) < 4.78 is 39.0.